The number of allylic oxidation sites excluding steroid dienone is 16. The molecule has 0 fully saturated rings. The number of esters is 2. The molecule has 0 heterocycles. The maximum absolute atomic E-state index is 13.0. The molecule has 0 radical (unpaired) electrons. The van der Waals surface area contributed by atoms with Crippen LogP contribution in [0.4, 0.5) is 0 Å². The topological polar surface area (TPSA) is 108 Å². The Bertz CT molecular complexity index is 1890. The third kappa shape index (κ3) is 77.4. The largest absolute Gasteiger partial charge is 0.477 e. The van der Waals surface area contributed by atoms with Crippen LogP contribution in [0.15, 0.2) is 97.2 Å². The molecule has 0 aromatic rings. The number of hydrogen-bond acceptors (Lipinski definition) is 7. The minimum Gasteiger partial charge on any atom is -0.477 e. The summed E-state index contributed by atoms with van der Waals surface area (Å²) in [6, 6.07) is 0. The molecule has 0 aromatic carbocycles. The zero-order valence-electron chi connectivity index (χ0n) is 63.1. The summed E-state index contributed by atoms with van der Waals surface area (Å²) in [4.78, 5) is 37.7. The molecule has 0 saturated heterocycles. The first kappa shape index (κ1) is 91.2. The summed E-state index contributed by atoms with van der Waals surface area (Å²) in [5, 5.41) is 9.78. The van der Waals surface area contributed by atoms with E-state index in [2.05, 4.69) is 111 Å². The maximum atomic E-state index is 13.0. The highest BCUT2D eigenvalue weighted by atomic mass is 16.7. The number of carboxylic acids is 1. The van der Waals surface area contributed by atoms with Gasteiger partial charge in [0.25, 0.3) is 6.29 Å². The number of hydrogen-bond donors (Lipinski definition) is 1. The number of nitrogens with zero attached hydrogens (tertiary/aromatic N) is 1. The van der Waals surface area contributed by atoms with Crippen molar-refractivity contribution < 1.29 is 42.9 Å². The van der Waals surface area contributed by atoms with Crippen molar-refractivity contribution in [3.8, 4) is 0 Å². The van der Waals surface area contributed by atoms with E-state index in [1.54, 1.807) is 0 Å². The Kier molecular flexibility index (Phi) is 72.9. The molecule has 0 aliphatic heterocycles. The van der Waals surface area contributed by atoms with Crippen LogP contribution in [0.1, 0.15) is 373 Å². The molecule has 2 unspecified atom stereocenters. The number of carbonyl (C=O) groups excluding carboxylic acids is 2. The third-order valence-electron chi connectivity index (χ3n) is 17.9. The van der Waals surface area contributed by atoms with Crippen LogP contribution in [0, 0.1) is 0 Å². The summed E-state index contributed by atoms with van der Waals surface area (Å²) in [6.45, 7) is 4.82. The second-order valence-corrected chi connectivity index (χ2v) is 28.4. The Morgan fingerprint density at radius 2 is 0.600 bits per heavy atom. The van der Waals surface area contributed by atoms with E-state index in [1.807, 2.05) is 21.1 Å². The molecule has 550 valence electrons. The SMILES string of the molecule is CC/C=C\C/C=C\C/C=C\C/C=C\C/C=C\C/C=C\C/C=C\C/C=C\CCCCCCCCCCCCCCCCC(=O)OC(COC(=O)CCCCCCCCCCCCCCCCCCCCCCCCCCCCCCCCC)COC(OCC[N+](C)(C)C)C(=O)O. The Morgan fingerprint density at radius 3 is 0.895 bits per heavy atom. The molecule has 0 spiro atoms. The number of ether oxygens (including phenoxy) is 4. The molecule has 0 amide bonds. The van der Waals surface area contributed by atoms with Crippen LogP contribution in [-0.4, -0.2) is 87.4 Å². The molecule has 0 bridgehead atoms. The third-order valence-corrected chi connectivity index (χ3v) is 17.9. The van der Waals surface area contributed by atoms with Crippen molar-refractivity contribution in [3.05, 3.63) is 97.2 Å². The van der Waals surface area contributed by atoms with Gasteiger partial charge in [-0.1, -0.05) is 381 Å². The van der Waals surface area contributed by atoms with Gasteiger partial charge >= 0.3 is 17.9 Å². The Morgan fingerprint density at radius 1 is 0.326 bits per heavy atom. The van der Waals surface area contributed by atoms with Crippen molar-refractivity contribution in [2.75, 3.05) is 47.5 Å². The van der Waals surface area contributed by atoms with Gasteiger partial charge in [0.05, 0.1) is 34.4 Å². The van der Waals surface area contributed by atoms with Crippen molar-refractivity contribution in [1.82, 2.24) is 0 Å². The fraction of sp³-hybridized carbons (Fsp3) is 0.779. The summed E-state index contributed by atoms with van der Waals surface area (Å²) in [7, 11) is 5.99. The molecule has 0 aliphatic rings. The van der Waals surface area contributed by atoms with Crippen molar-refractivity contribution in [3.63, 3.8) is 0 Å². The van der Waals surface area contributed by atoms with Gasteiger partial charge in [-0.25, -0.2) is 4.79 Å². The first-order valence-corrected chi connectivity index (χ1v) is 40.4. The minimum atomic E-state index is -1.51. The fourth-order valence-electron chi connectivity index (χ4n) is 11.7. The summed E-state index contributed by atoms with van der Waals surface area (Å²) < 4.78 is 23.1. The minimum absolute atomic E-state index is 0.181. The molecular formula is C86H154NO8+. The van der Waals surface area contributed by atoms with E-state index >= 15 is 0 Å². The van der Waals surface area contributed by atoms with Gasteiger partial charge in [0.2, 0.25) is 0 Å². The summed E-state index contributed by atoms with van der Waals surface area (Å²) in [5.41, 5.74) is 0. The first-order valence-electron chi connectivity index (χ1n) is 40.4. The lowest BCUT2D eigenvalue weighted by atomic mass is 10.0. The fourth-order valence-corrected chi connectivity index (χ4v) is 11.7. The van der Waals surface area contributed by atoms with E-state index in [0.717, 1.165) is 89.9 Å². The van der Waals surface area contributed by atoms with E-state index < -0.39 is 24.3 Å². The predicted molar refractivity (Wildman–Crippen MR) is 410 cm³/mol. The van der Waals surface area contributed by atoms with Crippen LogP contribution in [0.5, 0.6) is 0 Å². The number of rotatable bonds is 75. The molecule has 9 nitrogen and oxygen atoms in total. The monoisotopic (exact) mass is 1330 g/mol. The molecule has 0 aromatic heterocycles. The molecule has 0 aliphatic carbocycles. The highest BCUT2D eigenvalue weighted by Crippen LogP contribution is 2.19. The van der Waals surface area contributed by atoms with E-state index in [9.17, 15) is 19.5 Å². The van der Waals surface area contributed by atoms with Gasteiger partial charge in [-0.15, -0.1) is 0 Å². The van der Waals surface area contributed by atoms with E-state index in [-0.39, 0.29) is 32.2 Å². The second-order valence-electron chi connectivity index (χ2n) is 28.4. The number of quaternary nitrogens is 1. The molecular weight excluding hydrogens is 1170 g/mol. The van der Waals surface area contributed by atoms with Gasteiger partial charge in [-0.2, -0.15) is 0 Å². The predicted octanol–water partition coefficient (Wildman–Crippen LogP) is 25.9. The molecule has 95 heavy (non-hydrogen) atoms. The van der Waals surface area contributed by atoms with Crippen LogP contribution in [0.3, 0.4) is 0 Å². The normalized spacial score (nSPS) is 13.1. The first-order chi connectivity index (χ1) is 46.6. The van der Waals surface area contributed by atoms with Crippen molar-refractivity contribution in [2.24, 2.45) is 0 Å². The number of carboxylic acid groups (broad SMARTS) is 1. The zero-order valence-corrected chi connectivity index (χ0v) is 63.1. The highest BCUT2D eigenvalue weighted by Gasteiger charge is 2.25. The molecule has 0 rings (SSSR count). The summed E-state index contributed by atoms with van der Waals surface area (Å²) in [5.74, 6) is -1.99. The van der Waals surface area contributed by atoms with Crippen LogP contribution >= 0.6 is 0 Å². The Labute approximate surface area is 588 Å². The van der Waals surface area contributed by atoms with Gasteiger partial charge in [-0.05, 0) is 77.0 Å². The van der Waals surface area contributed by atoms with Gasteiger partial charge in [0.15, 0.2) is 6.10 Å². The maximum Gasteiger partial charge on any atom is 0.361 e. The average Bonchev–Trinajstić information content (AvgIpc) is 2.92. The smallest absolute Gasteiger partial charge is 0.361 e. The van der Waals surface area contributed by atoms with Crippen molar-refractivity contribution in [2.45, 2.75) is 386 Å². The highest BCUT2D eigenvalue weighted by molar-refractivity contribution is 5.71. The Balaban J connectivity index is 4.02. The van der Waals surface area contributed by atoms with E-state index in [0.29, 0.717) is 17.4 Å². The van der Waals surface area contributed by atoms with Crippen LogP contribution in [0.2, 0.25) is 0 Å². The lowest BCUT2D eigenvalue weighted by Crippen LogP contribution is -2.40. The standard InChI is InChI=1S/C86H153NO8/c1-6-8-10-12-14-16-18-20-22-24-26-28-30-32-34-36-38-39-40-41-42-43-44-45-47-49-51-53-55-57-59-61-63-65-67-69-71-73-75-77-84(89)95-82(81-94-86(85(90)91)92-79-78-87(3,4)5)80-93-83(88)76-74-72-70-68-66-64-62-60-58-56-54-52-50-48-46-37-35-33-31-29-27-25-23-21-19-17-15-13-11-9-7-2/h8,10,14,16,20,22,26,28,32,34,38-39,41-42,44-45,82,86H,6-7,9,11-13,15,17-19,21,23-25,27,29-31,33,35-37,40,43,46-81H2,1-5H3/p+1/b10-8-,16-14-,22-20-,28-26-,34-32-,39-38-,42-41-,45-44-. The number of aliphatic carboxylic acids is 1. The number of carbonyl (C=O) groups is 3. The van der Waals surface area contributed by atoms with Crippen molar-refractivity contribution >= 4 is 17.9 Å². The lowest BCUT2D eigenvalue weighted by Gasteiger charge is -2.25. The lowest BCUT2D eigenvalue weighted by molar-refractivity contribution is -0.870. The average molecular weight is 1330 g/mol. The summed E-state index contributed by atoms with van der Waals surface area (Å²) in [6.07, 6.45) is 103. The van der Waals surface area contributed by atoms with Crippen molar-refractivity contribution in [1.29, 1.82) is 0 Å². The number of unbranched alkanes of at least 4 members (excludes halogenated alkanes) is 44. The van der Waals surface area contributed by atoms with E-state index in [1.165, 1.54) is 257 Å². The van der Waals surface area contributed by atoms with Gasteiger partial charge in [0, 0.05) is 12.8 Å². The van der Waals surface area contributed by atoms with E-state index in [4.69, 9.17) is 18.9 Å². The molecule has 0 saturated carbocycles. The van der Waals surface area contributed by atoms with Crippen LogP contribution in [-0.2, 0) is 33.3 Å². The van der Waals surface area contributed by atoms with Crippen LogP contribution < -0.4 is 0 Å². The van der Waals surface area contributed by atoms with Gasteiger partial charge in [0.1, 0.15) is 13.2 Å². The van der Waals surface area contributed by atoms with Gasteiger partial charge in [-0.3, -0.25) is 9.59 Å². The number of likely N-dealkylation sites (N-methyl/N-ethyl adjacent to an activating group) is 1. The zero-order chi connectivity index (χ0) is 69.0. The quantitative estimate of drug-likeness (QED) is 0.0211. The summed E-state index contributed by atoms with van der Waals surface area (Å²) >= 11 is 0. The molecule has 2 atom stereocenters. The molecule has 1 N–H and O–H groups in total. The van der Waals surface area contributed by atoms with Crippen LogP contribution in [0.25, 0.3) is 0 Å². The Hall–Kier alpha value is -3.79. The second kappa shape index (κ2) is 76.0. The van der Waals surface area contributed by atoms with Gasteiger partial charge < -0.3 is 28.5 Å². The molecule has 9 heteroatoms.